The van der Waals surface area contributed by atoms with Gasteiger partial charge in [0.2, 0.25) is 0 Å². The van der Waals surface area contributed by atoms with Crippen LogP contribution in [0.25, 0.3) is 0 Å². The molecule has 0 heterocycles. The van der Waals surface area contributed by atoms with Gasteiger partial charge >= 0.3 is 5.97 Å². The van der Waals surface area contributed by atoms with Gasteiger partial charge in [-0.2, -0.15) is 0 Å². The first-order valence-corrected chi connectivity index (χ1v) is 9.46. The van der Waals surface area contributed by atoms with Crippen molar-refractivity contribution in [3.05, 3.63) is 59.7 Å². The van der Waals surface area contributed by atoms with E-state index in [4.69, 9.17) is 9.47 Å². The zero-order valence-corrected chi connectivity index (χ0v) is 16.4. The maximum atomic E-state index is 12.3. The molecule has 0 radical (unpaired) electrons. The Bertz CT molecular complexity index is 679. The molecule has 0 bridgehead atoms. The zero-order valence-electron chi connectivity index (χ0n) is 16.4. The molecule has 3 nitrogen and oxygen atoms in total. The van der Waals surface area contributed by atoms with Gasteiger partial charge in [0.25, 0.3) is 0 Å². The third kappa shape index (κ3) is 6.21. The average molecular weight is 354 g/mol. The molecule has 0 fully saturated rings. The van der Waals surface area contributed by atoms with Crippen molar-refractivity contribution in [3.63, 3.8) is 0 Å². The number of hydrogen-bond donors (Lipinski definition) is 0. The molecule has 0 spiro atoms. The van der Waals surface area contributed by atoms with Crippen LogP contribution in [0, 0.1) is 0 Å². The molecule has 0 atom stereocenters. The van der Waals surface area contributed by atoms with Gasteiger partial charge in [0.1, 0.15) is 11.5 Å². The van der Waals surface area contributed by atoms with Gasteiger partial charge in [-0.15, -0.1) is 0 Å². The molecule has 0 aliphatic rings. The third-order valence-corrected chi connectivity index (χ3v) is 4.29. The molecule has 0 unspecified atom stereocenters. The molecule has 0 amide bonds. The van der Waals surface area contributed by atoms with E-state index in [2.05, 4.69) is 27.7 Å². The van der Waals surface area contributed by atoms with Crippen LogP contribution >= 0.6 is 0 Å². The van der Waals surface area contributed by atoms with Crippen LogP contribution in [-0.4, -0.2) is 12.6 Å². The molecule has 140 valence electrons. The second-order valence-electron chi connectivity index (χ2n) is 7.60. The van der Waals surface area contributed by atoms with Gasteiger partial charge in [-0.25, -0.2) is 4.79 Å². The Balaban J connectivity index is 1.87. The van der Waals surface area contributed by atoms with Crippen LogP contribution in [0.4, 0.5) is 0 Å². The number of rotatable bonds is 8. The second-order valence-corrected chi connectivity index (χ2v) is 7.60. The fourth-order valence-electron chi connectivity index (χ4n) is 2.60. The minimum atomic E-state index is -0.358. The molecule has 2 rings (SSSR count). The van der Waals surface area contributed by atoms with Gasteiger partial charge in [0.15, 0.2) is 0 Å². The maximum absolute atomic E-state index is 12.3. The van der Waals surface area contributed by atoms with Crippen molar-refractivity contribution < 1.29 is 14.3 Å². The predicted molar refractivity (Wildman–Crippen MR) is 106 cm³/mol. The van der Waals surface area contributed by atoms with Crippen LogP contribution in [0.1, 0.15) is 69.3 Å². The first kappa shape index (κ1) is 20.0. The van der Waals surface area contributed by atoms with Crippen LogP contribution in [0.15, 0.2) is 48.5 Å². The lowest BCUT2D eigenvalue weighted by Crippen LogP contribution is -2.11. The van der Waals surface area contributed by atoms with Crippen molar-refractivity contribution in [2.24, 2.45) is 0 Å². The molecular formula is C23H30O3. The van der Waals surface area contributed by atoms with Crippen molar-refractivity contribution in [2.45, 2.75) is 58.8 Å². The maximum Gasteiger partial charge on any atom is 0.343 e. The summed E-state index contributed by atoms with van der Waals surface area (Å²) in [6.45, 7) is 9.37. The van der Waals surface area contributed by atoms with Crippen LogP contribution in [0.2, 0.25) is 0 Å². The van der Waals surface area contributed by atoms with Crippen LogP contribution in [0.3, 0.4) is 0 Å². The number of ether oxygens (including phenoxy) is 2. The van der Waals surface area contributed by atoms with Crippen LogP contribution in [0.5, 0.6) is 11.5 Å². The molecule has 0 aromatic heterocycles. The third-order valence-electron chi connectivity index (χ3n) is 4.29. The van der Waals surface area contributed by atoms with Gasteiger partial charge in [-0.1, -0.05) is 59.1 Å². The molecule has 3 heteroatoms. The minimum Gasteiger partial charge on any atom is -0.494 e. The molecule has 2 aromatic rings. The molecule has 0 saturated heterocycles. The minimum absolute atomic E-state index is 0.0783. The van der Waals surface area contributed by atoms with Gasteiger partial charge < -0.3 is 9.47 Å². The SMILES string of the molecule is CCCCCCOc1ccc(C(=O)Oc2ccc(C(C)(C)C)cc2)cc1. The number of carbonyl (C=O) groups is 1. The Morgan fingerprint density at radius 1 is 0.846 bits per heavy atom. The summed E-state index contributed by atoms with van der Waals surface area (Å²) < 4.78 is 11.2. The summed E-state index contributed by atoms with van der Waals surface area (Å²) in [5, 5.41) is 0. The molecule has 26 heavy (non-hydrogen) atoms. The number of unbranched alkanes of at least 4 members (excludes halogenated alkanes) is 3. The first-order chi connectivity index (χ1) is 12.4. The Hall–Kier alpha value is -2.29. The number of carbonyl (C=O) groups excluding carboxylic acids is 1. The largest absolute Gasteiger partial charge is 0.494 e. The fourth-order valence-corrected chi connectivity index (χ4v) is 2.60. The Morgan fingerprint density at radius 2 is 1.46 bits per heavy atom. The summed E-state index contributed by atoms with van der Waals surface area (Å²) in [5.74, 6) is 0.981. The molecule has 0 N–H and O–H groups in total. The van der Waals surface area contributed by atoms with E-state index in [0.29, 0.717) is 17.9 Å². The smallest absolute Gasteiger partial charge is 0.343 e. The van der Waals surface area contributed by atoms with E-state index >= 15 is 0 Å². The van der Waals surface area contributed by atoms with E-state index in [1.165, 1.54) is 24.8 Å². The Labute approximate surface area is 157 Å². The van der Waals surface area contributed by atoms with Gasteiger partial charge in [0.05, 0.1) is 12.2 Å². The van der Waals surface area contributed by atoms with Crippen molar-refractivity contribution in [2.75, 3.05) is 6.61 Å². The standard InChI is InChI=1S/C23H30O3/c1-5-6-7-8-17-25-20-13-9-18(10-14-20)22(24)26-21-15-11-19(12-16-21)23(2,3)4/h9-16H,5-8,17H2,1-4H3. The molecule has 2 aromatic carbocycles. The van der Waals surface area contributed by atoms with E-state index in [1.54, 1.807) is 12.1 Å². The quantitative estimate of drug-likeness (QED) is 0.323. The van der Waals surface area contributed by atoms with Crippen molar-refractivity contribution in [1.82, 2.24) is 0 Å². The summed E-state index contributed by atoms with van der Waals surface area (Å²) in [7, 11) is 0. The molecule has 0 aliphatic carbocycles. The number of benzene rings is 2. The summed E-state index contributed by atoms with van der Waals surface area (Å²) >= 11 is 0. The summed E-state index contributed by atoms with van der Waals surface area (Å²) in [6.07, 6.45) is 4.71. The molecular weight excluding hydrogens is 324 g/mol. The van der Waals surface area contributed by atoms with Gasteiger partial charge in [0, 0.05) is 0 Å². The Kier molecular flexibility index (Phi) is 7.26. The highest BCUT2D eigenvalue weighted by molar-refractivity contribution is 5.91. The normalized spacial score (nSPS) is 11.2. The monoisotopic (exact) mass is 354 g/mol. The average Bonchev–Trinajstić information content (AvgIpc) is 2.62. The fraction of sp³-hybridized carbons (Fsp3) is 0.435. The molecule has 0 aliphatic heterocycles. The summed E-state index contributed by atoms with van der Waals surface area (Å²) in [4.78, 5) is 12.3. The first-order valence-electron chi connectivity index (χ1n) is 9.46. The second kappa shape index (κ2) is 9.42. The highest BCUT2D eigenvalue weighted by atomic mass is 16.5. The van der Waals surface area contributed by atoms with E-state index in [0.717, 1.165) is 12.2 Å². The van der Waals surface area contributed by atoms with Crippen molar-refractivity contribution in [1.29, 1.82) is 0 Å². The van der Waals surface area contributed by atoms with E-state index in [9.17, 15) is 4.79 Å². The lowest BCUT2D eigenvalue weighted by Gasteiger charge is -2.19. The number of hydrogen-bond acceptors (Lipinski definition) is 3. The lowest BCUT2D eigenvalue weighted by molar-refractivity contribution is 0.0734. The van der Waals surface area contributed by atoms with Crippen molar-refractivity contribution in [3.8, 4) is 11.5 Å². The van der Waals surface area contributed by atoms with Crippen LogP contribution in [-0.2, 0) is 5.41 Å². The van der Waals surface area contributed by atoms with E-state index in [1.807, 2.05) is 36.4 Å². The number of esters is 1. The summed E-state index contributed by atoms with van der Waals surface area (Å²) in [6, 6.07) is 14.8. The predicted octanol–water partition coefficient (Wildman–Crippen LogP) is 6.16. The van der Waals surface area contributed by atoms with E-state index in [-0.39, 0.29) is 11.4 Å². The highest BCUT2D eigenvalue weighted by Crippen LogP contribution is 2.24. The molecule has 0 saturated carbocycles. The topological polar surface area (TPSA) is 35.5 Å². The highest BCUT2D eigenvalue weighted by Gasteiger charge is 2.14. The van der Waals surface area contributed by atoms with Crippen LogP contribution < -0.4 is 9.47 Å². The van der Waals surface area contributed by atoms with E-state index < -0.39 is 0 Å². The zero-order chi connectivity index (χ0) is 19.0. The Morgan fingerprint density at radius 3 is 2.04 bits per heavy atom. The van der Waals surface area contributed by atoms with Crippen molar-refractivity contribution >= 4 is 5.97 Å². The van der Waals surface area contributed by atoms with Gasteiger partial charge in [-0.3, -0.25) is 0 Å². The van der Waals surface area contributed by atoms with Gasteiger partial charge in [-0.05, 0) is 53.8 Å². The lowest BCUT2D eigenvalue weighted by atomic mass is 9.87. The summed E-state index contributed by atoms with van der Waals surface area (Å²) in [5.41, 5.74) is 1.80.